The number of nitriles is 1. The van der Waals surface area contributed by atoms with Crippen LogP contribution in [0.25, 0.3) is 0 Å². The summed E-state index contributed by atoms with van der Waals surface area (Å²) in [5, 5.41) is 17.2. The summed E-state index contributed by atoms with van der Waals surface area (Å²) in [6, 6.07) is 1.91. The number of alkyl halides is 3. The molecule has 0 aromatic carbocycles. The quantitative estimate of drug-likeness (QED) is 0.810. The zero-order chi connectivity index (χ0) is 13.2. The van der Waals surface area contributed by atoms with E-state index in [2.05, 4.69) is 9.72 Å². The van der Waals surface area contributed by atoms with E-state index in [9.17, 15) is 18.0 Å². The summed E-state index contributed by atoms with van der Waals surface area (Å²) < 4.78 is 39.0. The number of rotatable bonds is 2. The van der Waals surface area contributed by atoms with Crippen LogP contribution >= 0.6 is 0 Å². The Morgan fingerprint density at radius 3 is 2.59 bits per heavy atom. The summed E-state index contributed by atoms with van der Waals surface area (Å²) in [6.07, 6.45) is -5.00. The fraction of sp³-hybridized carbons (Fsp3) is 0.125. The first-order valence-corrected chi connectivity index (χ1v) is 3.94. The van der Waals surface area contributed by atoms with Gasteiger partial charge < -0.3 is 15.6 Å². The zero-order valence-electron chi connectivity index (χ0n) is 7.95. The first-order valence-electron chi connectivity index (χ1n) is 3.94. The molecule has 9 heteroatoms. The Hall–Kier alpha value is -2.50. The van der Waals surface area contributed by atoms with Crippen LogP contribution in [0.1, 0.15) is 16.1 Å². The number of pyridine rings is 1. The van der Waals surface area contributed by atoms with E-state index in [-0.39, 0.29) is 0 Å². The summed E-state index contributed by atoms with van der Waals surface area (Å²) in [5.41, 5.74) is 3.24. The standard InChI is InChI=1S/C8H4F3N3O3/c9-8(10,11)17-5-1-3(13)6(7(15)16)4(2-12)14-5/h1H,(H2,13,14)(H,15,16). The Morgan fingerprint density at radius 2 is 2.18 bits per heavy atom. The Balaban J connectivity index is 3.29. The molecule has 3 N–H and O–H groups in total. The van der Waals surface area contributed by atoms with Crippen molar-refractivity contribution >= 4 is 11.7 Å². The summed E-state index contributed by atoms with van der Waals surface area (Å²) >= 11 is 0. The molecule has 1 rings (SSSR count). The van der Waals surface area contributed by atoms with Crippen molar-refractivity contribution in [3.8, 4) is 11.9 Å². The molecule has 6 nitrogen and oxygen atoms in total. The van der Waals surface area contributed by atoms with Crippen molar-refractivity contribution in [3.63, 3.8) is 0 Å². The normalized spacial score (nSPS) is 10.7. The minimum atomic E-state index is -5.00. The number of halogens is 3. The van der Waals surface area contributed by atoms with Crippen LogP contribution in [0.5, 0.6) is 5.88 Å². The van der Waals surface area contributed by atoms with Crippen molar-refractivity contribution < 1.29 is 27.8 Å². The molecule has 0 aliphatic rings. The Morgan fingerprint density at radius 1 is 1.59 bits per heavy atom. The van der Waals surface area contributed by atoms with Crippen LogP contribution in [0.3, 0.4) is 0 Å². The number of hydrogen-bond donors (Lipinski definition) is 2. The zero-order valence-corrected chi connectivity index (χ0v) is 7.95. The smallest absolute Gasteiger partial charge is 0.478 e. The lowest BCUT2D eigenvalue weighted by Crippen LogP contribution is -2.19. The SMILES string of the molecule is N#Cc1nc(OC(F)(F)F)cc(N)c1C(=O)O. The number of ether oxygens (including phenoxy) is 1. The summed E-state index contributed by atoms with van der Waals surface area (Å²) in [4.78, 5) is 13.8. The third-order valence-electron chi connectivity index (χ3n) is 1.57. The van der Waals surface area contributed by atoms with Crippen molar-refractivity contribution in [3.05, 3.63) is 17.3 Å². The summed E-state index contributed by atoms with van der Waals surface area (Å²) in [5.74, 6) is -2.55. The van der Waals surface area contributed by atoms with Gasteiger partial charge >= 0.3 is 12.3 Å². The minimum absolute atomic E-state index is 0.539. The monoisotopic (exact) mass is 247 g/mol. The summed E-state index contributed by atoms with van der Waals surface area (Å²) in [7, 11) is 0. The Bertz CT molecular complexity index is 507. The highest BCUT2D eigenvalue weighted by Gasteiger charge is 2.32. The van der Waals surface area contributed by atoms with E-state index in [0.717, 1.165) is 0 Å². The molecule has 0 unspecified atom stereocenters. The molecule has 0 aliphatic heterocycles. The van der Waals surface area contributed by atoms with Gasteiger partial charge in [-0.05, 0) is 0 Å². The number of nitrogens with zero attached hydrogens (tertiary/aromatic N) is 2. The maximum atomic E-state index is 11.9. The van der Waals surface area contributed by atoms with Crippen LogP contribution in [0.15, 0.2) is 6.07 Å². The van der Waals surface area contributed by atoms with Crippen molar-refractivity contribution in [1.29, 1.82) is 5.26 Å². The van der Waals surface area contributed by atoms with Gasteiger partial charge in [0.15, 0.2) is 5.69 Å². The number of carboxylic acid groups (broad SMARTS) is 1. The molecule has 0 saturated heterocycles. The number of carboxylic acids is 1. The highest BCUT2D eigenvalue weighted by Crippen LogP contribution is 2.25. The number of carbonyl (C=O) groups is 1. The predicted octanol–water partition coefficient (Wildman–Crippen LogP) is 1.13. The number of hydrogen-bond acceptors (Lipinski definition) is 5. The maximum absolute atomic E-state index is 11.9. The van der Waals surface area contributed by atoms with Crippen LogP contribution in [-0.4, -0.2) is 22.4 Å². The van der Waals surface area contributed by atoms with Gasteiger partial charge in [-0.15, -0.1) is 13.2 Å². The largest absolute Gasteiger partial charge is 0.574 e. The van der Waals surface area contributed by atoms with Crippen molar-refractivity contribution in [1.82, 2.24) is 4.98 Å². The molecule has 0 bridgehead atoms. The molecular formula is C8H4F3N3O3. The molecule has 0 spiro atoms. The number of aromatic nitrogens is 1. The third kappa shape index (κ3) is 2.97. The van der Waals surface area contributed by atoms with Gasteiger partial charge in [-0.2, -0.15) is 5.26 Å². The van der Waals surface area contributed by atoms with Crippen molar-refractivity contribution in [2.24, 2.45) is 0 Å². The fourth-order valence-electron chi connectivity index (χ4n) is 1.02. The Labute approximate surface area is 92.0 Å². The van der Waals surface area contributed by atoms with Crippen molar-refractivity contribution in [2.45, 2.75) is 6.36 Å². The van der Waals surface area contributed by atoms with E-state index in [4.69, 9.17) is 16.1 Å². The number of nitrogen functional groups attached to an aromatic ring is 1. The lowest BCUT2D eigenvalue weighted by Gasteiger charge is -2.10. The van der Waals surface area contributed by atoms with Crippen LogP contribution in [0, 0.1) is 11.3 Å². The van der Waals surface area contributed by atoms with Crippen molar-refractivity contribution in [2.75, 3.05) is 5.73 Å². The second-order valence-electron chi connectivity index (χ2n) is 2.74. The van der Waals surface area contributed by atoms with Crippen LogP contribution in [-0.2, 0) is 0 Å². The predicted molar refractivity (Wildman–Crippen MR) is 47.0 cm³/mol. The first-order chi connectivity index (χ1) is 7.74. The van der Waals surface area contributed by atoms with E-state index in [1.165, 1.54) is 6.07 Å². The Kier molecular flexibility index (Phi) is 3.08. The molecule has 90 valence electrons. The second kappa shape index (κ2) is 4.17. The van der Waals surface area contributed by atoms with Crippen LogP contribution in [0.4, 0.5) is 18.9 Å². The van der Waals surface area contributed by atoms with Gasteiger partial charge in [0.05, 0.1) is 5.69 Å². The van der Waals surface area contributed by atoms with Gasteiger partial charge in [0, 0.05) is 6.07 Å². The lowest BCUT2D eigenvalue weighted by atomic mass is 10.1. The molecule has 0 saturated carbocycles. The number of aromatic carboxylic acids is 1. The van der Waals surface area contributed by atoms with Crippen LogP contribution < -0.4 is 10.5 Å². The maximum Gasteiger partial charge on any atom is 0.574 e. The molecular weight excluding hydrogens is 243 g/mol. The molecule has 1 aromatic rings. The van der Waals surface area contributed by atoms with E-state index in [1.807, 2.05) is 0 Å². The lowest BCUT2D eigenvalue weighted by molar-refractivity contribution is -0.276. The van der Waals surface area contributed by atoms with Gasteiger partial charge in [0.25, 0.3) is 0 Å². The highest BCUT2D eigenvalue weighted by molar-refractivity contribution is 5.95. The third-order valence-corrected chi connectivity index (χ3v) is 1.57. The molecule has 17 heavy (non-hydrogen) atoms. The molecule has 0 radical (unpaired) electrons. The molecule has 1 aromatic heterocycles. The van der Waals surface area contributed by atoms with E-state index >= 15 is 0 Å². The fourth-order valence-corrected chi connectivity index (χ4v) is 1.02. The van der Waals surface area contributed by atoms with Gasteiger partial charge in [0.1, 0.15) is 11.6 Å². The first kappa shape index (κ1) is 12.6. The van der Waals surface area contributed by atoms with Gasteiger partial charge in [-0.1, -0.05) is 0 Å². The van der Waals surface area contributed by atoms with Gasteiger partial charge in [-0.25, -0.2) is 9.78 Å². The topological polar surface area (TPSA) is 109 Å². The summed E-state index contributed by atoms with van der Waals surface area (Å²) in [6.45, 7) is 0. The van der Waals surface area contributed by atoms with Crippen LogP contribution in [0.2, 0.25) is 0 Å². The minimum Gasteiger partial charge on any atom is -0.478 e. The van der Waals surface area contributed by atoms with Gasteiger partial charge in [0.2, 0.25) is 5.88 Å². The molecule has 0 aliphatic carbocycles. The second-order valence-corrected chi connectivity index (χ2v) is 2.74. The average Bonchev–Trinajstić information content (AvgIpc) is 2.12. The molecule has 0 amide bonds. The average molecular weight is 247 g/mol. The molecule has 1 heterocycles. The molecule has 0 fully saturated rings. The highest BCUT2D eigenvalue weighted by atomic mass is 19.4. The number of nitrogens with two attached hydrogens (primary N) is 1. The molecule has 0 atom stereocenters. The van der Waals surface area contributed by atoms with E-state index in [1.54, 1.807) is 0 Å². The van der Waals surface area contributed by atoms with E-state index in [0.29, 0.717) is 6.07 Å². The van der Waals surface area contributed by atoms with E-state index < -0.39 is 35.2 Å². The number of anilines is 1. The van der Waals surface area contributed by atoms with Gasteiger partial charge in [-0.3, -0.25) is 0 Å².